The molecule has 0 bridgehead atoms. The molecule has 1 heterocycles. The molecule has 1 unspecified atom stereocenters. The average Bonchev–Trinajstić information content (AvgIpc) is 2.50. The van der Waals surface area contributed by atoms with Gasteiger partial charge < -0.3 is 10.0 Å². The zero-order chi connectivity index (χ0) is 13.2. The average molecular weight is 265 g/mol. The molecule has 1 aromatic rings. The minimum absolute atomic E-state index is 0.492. The SMILES string of the molecule is CC1(O)CCCN(c2cccc(Cl)c2C#N)CC1. The number of nitrogens with zero attached hydrogens (tertiary/aromatic N) is 2. The summed E-state index contributed by atoms with van der Waals surface area (Å²) < 4.78 is 0. The van der Waals surface area contributed by atoms with Crippen molar-refractivity contribution in [2.45, 2.75) is 31.8 Å². The van der Waals surface area contributed by atoms with Crippen molar-refractivity contribution in [2.24, 2.45) is 0 Å². The monoisotopic (exact) mass is 264 g/mol. The van der Waals surface area contributed by atoms with E-state index in [2.05, 4.69) is 11.0 Å². The van der Waals surface area contributed by atoms with Crippen LogP contribution in [-0.2, 0) is 0 Å². The van der Waals surface area contributed by atoms with E-state index in [1.807, 2.05) is 19.1 Å². The fraction of sp³-hybridized carbons (Fsp3) is 0.500. The van der Waals surface area contributed by atoms with Crippen LogP contribution in [0.2, 0.25) is 5.02 Å². The van der Waals surface area contributed by atoms with Crippen molar-refractivity contribution in [1.29, 1.82) is 5.26 Å². The van der Waals surface area contributed by atoms with E-state index in [0.717, 1.165) is 31.6 Å². The molecule has 0 spiro atoms. The molecule has 1 aliphatic heterocycles. The van der Waals surface area contributed by atoms with Crippen LogP contribution in [0.4, 0.5) is 5.69 Å². The maximum atomic E-state index is 10.1. The highest BCUT2D eigenvalue weighted by molar-refractivity contribution is 6.32. The number of anilines is 1. The van der Waals surface area contributed by atoms with Gasteiger partial charge in [-0.25, -0.2) is 0 Å². The van der Waals surface area contributed by atoms with Crippen LogP contribution in [0.15, 0.2) is 18.2 Å². The van der Waals surface area contributed by atoms with Crippen molar-refractivity contribution in [3.8, 4) is 6.07 Å². The summed E-state index contributed by atoms with van der Waals surface area (Å²) in [5.74, 6) is 0. The number of rotatable bonds is 1. The van der Waals surface area contributed by atoms with Crippen LogP contribution in [0.25, 0.3) is 0 Å². The lowest BCUT2D eigenvalue weighted by Crippen LogP contribution is -2.28. The van der Waals surface area contributed by atoms with Gasteiger partial charge in [0.25, 0.3) is 0 Å². The molecule has 0 amide bonds. The predicted molar refractivity (Wildman–Crippen MR) is 72.9 cm³/mol. The van der Waals surface area contributed by atoms with Gasteiger partial charge in [0.15, 0.2) is 0 Å². The van der Waals surface area contributed by atoms with Gasteiger partial charge in [0.1, 0.15) is 6.07 Å². The normalized spacial score (nSPS) is 24.4. The second-order valence-electron chi connectivity index (χ2n) is 5.08. The maximum Gasteiger partial charge on any atom is 0.103 e. The standard InChI is InChI=1S/C14H17ClN2O/c1-14(18)6-3-8-17(9-7-14)13-5-2-4-12(15)11(13)10-16/h2,4-5,18H,3,6-9H2,1H3. The summed E-state index contributed by atoms with van der Waals surface area (Å²) in [5, 5.41) is 19.8. The highest BCUT2D eigenvalue weighted by atomic mass is 35.5. The first-order chi connectivity index (χ1) is 8.53. The highest BCUT2D eigenvalue weighted by Crippen LogP contribution is 2.30. The Morgan fingerprint density at radius 3 is 2.89 bits per heavy atom. The quantitative estimate of drug-likeness (QED) is 0.848. The number of hydrogen-bond donors (Lipinski definition) is 1. The van der Waals surface area contributed by atoms with Crippen molar-refractivity contribution >= 4 is 17.3 Å². The molecular weight excluding hydrogens is 248 g/mol. The number of benzene rings is 1. The minimum atomic E-state index is -0.597. The molecule has 1 aliphatic rings. The van der Waals surface area contributed by atoms with Gasteiger partial charge in [0, 0.05) is 13.1 Å². The van der Waals surface area contributed by atoms with E-state index in [-0.39, 0.29) is 0 Å². The van der Waals surface area contributed by atoms with Crippen molar-refractivity contribution < 1.29 is 5.11 Å². The molecule has 18 heavy (non-hydrogen) atoms. The first-order valence-corrected chi connectivity index (χ1v) is 6.57. The third kappa shape index (κ3) is 2.77. The lowest BCUT2D eigenvalue weighted by Gasteiger charge is -2.25. The summed E-state index contributed by atoms with van der Waals surface area (Å²) in [6, 6.07) is 7.68. The number of halogens is 1. The van der Waals surface area contributed by atoms with Crippen LogP contribution in [0.1, 0.15) is 31.7 Å². The van der Waals surface area contributed by atoms with Crippen molar-refractivity contribution in [1.82, 2.24) is 0 Å². The van der Waals surface area contributed by atoms with E-state index in [1.165, 1.54) is 0 Å². The number of hydrogen-bond acceptors (Lipinski definition) is 3. The molecule has 0 saturated carbocycles. The summed E-state index contributed by atoms with van der Waals surface area (Å²) in [4.78, 5) is 2.14. The smallest absolute Gasteiger partial charge is 0.103 e. The Morgan fingerprint density at radius 2 is 2.17 bits per heavy atom. The Hall–Kier alpha value is -1.24. The number of aliphatic hydroxyl groups is 1. The van der Waals surface area contributed by atoms with E-state index in [4.69, 9.17) is 11.6 Å². The Morgan fingerprint density at radius 1 is 1.39 bits per heavy atom. The zero-order valence-corrected chi connectivity index (χ0v) is 11.2. The van der Waals surface area contributed by atoms with Gasteiger partial charge >= 0.3 is 0 Å². The van der Waals surface area contributed by atoms with Gasteiger partial charge in [-0.2, -0.15) is 5.26 Å². The fourth-order valence-electron chi connectivity index (χ4n) is 2.39. The van der Waals surface area contributed by atoms with Crippen LogP contribution in [0.5, 0.6) is 0 Å². The lowest BCUT2D eigenvalue weighted by molar-refractivity contribution is 0.0481. The van der Waals surface area contributed by atoms with E-state index in [1.54, 1.807) is 6.07 Å². The molecule has 96 valence electrons. The Labute approximate surface area is 113 Å². The molecule has 0 radical (unpaired) electrons. The Balaban J connectivity index is 2.27. The predicted octanol–water partition coefficient (Wildman–Crippen LogP) is 2.95. The molecule has 1 fully saturated rings. The van der Waals surface area contributed by atoms with Crippen molar-refractivity contribution in [2.75, 3.05) is 18.0 Å². The molecule has 0 aliphatic carbocycles. The van der Waals surface area contributed by atoms with Crippen LogP contribution in [0.3, 0.4) is 0 Å². The summed E-state index contributed by atoms with van der Waals surface area (Å²) in [5.41, 5.74) is 0.809. The zero-order valence-electron chi connectivity index (χ0n) is 10.5. The molecule has 0 aromatic heterocycles. The molecule has 1 saturated heterocycles. The Kier molecular flexibility index (Phi) is 3.79. The van der Waals surface area contributed by atoms with Crippen molar-refractivity contribution in [3.63, 3.8) is 0 Å². The molecule has 1 N–H and O–H groups in total. The van der Waals surface area contributed by atoms with E-state index in [0.29, 0.717) is 17.0 Å². The number of nitriles is 1. The van der Waals surface area contributed by atoms with Gasteiger partial charge in [-0.05, 0) is 38.3 Å². The summed E-state index contributed by atoms with van der Waals surface area (Å²) >= 11 is 6.05. The first kappa shape index (κ1) is 13.2. The van der Waals surface area contributed by atoms with Crippen LogP contribution < -0.4 is 4.90 Å². The van der Waals surface area contributed by atoms with Gasteiger partial charge in [-0.1, -0.05) is 17.7 Å². The van der Waals surface area contributed by atoms with Gasteiger partial charge in [0.05, 0.1) is 21.9 Å². The molecule has 1 atom stereocenters. The van der Waals surface area contributed by atoms with Gasteiger partial charge in [-0.15, -0.1) is 0 Å². The summed E-state index contributed by atoms with van der Waals surface area (Å²) in [6.07, 6.45) is 2.43. The first-order valence-electron chi connectivity index (χ1n) is 6.19. The molecule has 4 heteroatoms. The molecule has 2 rings (SSSR count). The highest BCUT2D eigenvalue weighted by Gasteiger charge is 2.26. The third-order valence-electron chi connectivity index (χ3n) is 3.51. The topological polar surface area (TPSA) is 47.3 Å². The lowest BCUT2D eigenvalue weighted by atomic mass is 9.98. The maximum absolute atomic E-state index is 10.1. The fourth-order valence-corrected chi connectivity index (χ4v) is 2.60. The van der Waals surface area contributed by atoms with Gasteiger partial charge in [-0.3, -0.25) is 0 Å². The van der Waals surface area contributed by atoms with E-state index in [9.17, 15) is 10.4 Å². The summed E-state index contributed by atoms with van der Waals surface area (Å²) in [7, 11) is 0. The third-order valence-corrected chi connectivity index (χ3v) is 3.82. The van der Waals surface area contributed by atoms with E-state index >= 15 is 0 Å². The van der Waals surface area contributed by atoms with Crippen LogP contribution in [-0.4, -0.2) is 23.8 Å². The van der Waals surface area contributed by atoms with E-state index < -0.39 is 5.60 Å². The van der Waals surface area contributed by atoms with Crippen LogP contribution >= 0.6 is 11.6 Å². The van der Waals surface area contributed by atoms with Crippen LogP contribution in [0, 0.1) is 11.3 Å². The second kappa shape index (κ2) is 5.17. The minimum Gasteiger partial charge on any atom is -0.390 e. The van der Waals surface area contributed by atoms with Gasteiger partial charge in [0.2, 0.25) is 0 Å². The van der Waals surface area contributed by atoms with Crippen molar-refractivity contribution in [3.05, 3.63) is 28.8 Å². The summed E-state index contributed by atoms with van der Waals surface area (Å²) in [6.45, 7) is 3.48. The molecule has 3 nitrogen and oxygen atoms in total. The molecule has 1 aromatic carbocycles. The largest absolute Gasteiger partial charge is 0.390 e. The Bertz CT molecular complexity index is 479. The second-order valence-corrected chi connectivity index (χ2v) is 5.49. The molecular formula is C14H17ClN2O.